The van der Waals surface area contributed by atoms with Crippen LogP contribution in [0.1, 0.15) is 145 Å². The standard InChI is InChI=1S/C77H101N9O15/c1-53(2)69(78-76(94)98-49-56-21-11-7-12-22-56)74(92)96-41-19-9-15-27-67(88)100-51-85-48-62-45-58(43-55(5)71(62)80-85)44-61(72(90)84-39-37-82(38-40-84)63-31-33-81(6)34-32-63)47-66(87)83-35-29-59(30-36-83)64-46-60-25-17-18-26-65(60)86(73(64)91)52-101-68(89)28-16-10-20-42-97-75(93)70(54(3)4)79-77(95)99-50-57-23-13-8-14-24-57/h7-8,11-14,17-18,21-26,43,45-46,48,53-54,59,61,63,69-70H,9-10,15-16,19-20,27-42,44,47,49-52H2,1-6H3,(H,78,94)(H,79,95)/t61-,69?,70?/m0/s1. The topological polar surface area (TPSA) is 269 Å². The molecule has 3 fully saturated rings. The van der Waals surface area contributed by atoms with Crippen LogP contribution in [0, 0.1) is 24.7 Å². The number of hydrogen-bond acceptors (Lipinski definition) is 18. The van der Waals surface area contributed by atoms with Crippen molar-refractivity contribution in [2.45, 2.75) is 175 Å². The molecule has 0 saturated carbocycles. The third-order valence-electron chi connectivity index (χ3n) is 19.4. The van der Waals surface area contributed by atoms with E-state index in [1.807, 2.05) is 126 Å². The van der Waals surface area contributed by atoms with Crippen LogP contribution in [0.2, 0.25) is 0 Å². The molecule has 24 nitrogen and oxygen atoms in total. The molecule has 0 bridgehead atoms. The number of pyridine rings is 1. The summed E-state index contributed by atoms with van der Waals surface area (Å²) in [4.78, 5) is 129. The monoisotopic (exact) mass is 1390 g/mol. The normalized spacial score (nSPS) is 15.8. The maximum absolute atomic E-state index is 14.9. The van der Waals surface area contributed by atoms with Gasteiger partial charge >= 0.3 is 36.1 Å². The van der Waals surface area contributed by atoms with Gasteiger partial charge in [-0.3, -0.25) is 33.4 Å². The summed E-state index contributed by atoms with van der Waals surface area (Å²) < 4.78 is 36.0. The molecule has 6 aromatic rings. The van der Waals surface area contributed by atoms with Crippen molar-refractivity contribution in [3.63, 3.8) is 0 Å². The van der Waals surface area contributed by atoms with E-state index in [9.17, 15) is 43.2 Å². The third-order valence-corrected chi connectivity index (χ3v) is 19.4. The van der Waals surface area contributed by atoms with Crippen molar-refractivity contribution >= 4 is 69.7 Å². The number of piperazine rings is 1. The average Bonchev–Trinajstić information content (AvgIpc) is 1.26. The van der Waals surface area contributed by atoms with Gasteiger partial charge in [0, 0.05) is 81.7 Å². The molecule has 4 aromatic carbocycles. The molecule has 3 aliphatic heterocycles. The predicted molar refractivity (Wildman–Crippen MR) is 380 cm³/mol. The largest absolute Gasteiger partial charge is 0.464 e. The van der Waals surface area contributed by atoms with Crippen LogP contribution < -0.4 is 16.2 Å². The third kappa shape index (κ3) is 22.7. The minimum absolute atomic E-state index is 0.00766. The molecule has 0 spiro atoms. The van der Waals surface area contributed by atoms with E-state index in [1.165, 1.54) is 4.57 Å². The number of aryl methyl sites for hydroxylation is 1. The van der Waals surface area contributed by atoms with Crippen molar-refractivity contribution in [2.75, 3.05) is 72.6 Å². The summed E-state index contributed by atoms with van der Waals surface area (Å²) in [6, 6.07) is 30.5. The number of carbonyl (C=O) groups is 8. The van der Waals surface area contributed by atoms with Crippen LogP contribution in [0.3, 0.4) is 0 Å². The molecule has 3 aliphatic rings. The van der Waals surface area contributed by atoms with Gasteiger partial charge in [-0.05, 0) is 161 Å². The number of ether oxygens (including phenoxy) is 6. The number of amides is 4. The predicted octanol–water partition coefficient (Wildman–Crippen LogP) is 9.96. The summed E-state index contributed by atoms with van der Waals surface area (Å²) in [5.41, 5.74) is 5.05. The Labute approximate surface area is 591 Å². The maximum Gasteiger partial charge on any atom is 0.408 e. The van der Waals surface area contributed by atoms with Gasteiger partial charge in [0.1, 0.15) is 25.3 Å². The minimum Gasteiger partial charge on any atom is -0.464 e. The second kappa shape index (κ2) is 38.0. The van der Waals surface area contributed by atoms with E-state index >= 15 is 0 Å². The van der Waals surface area contributed by atoms with Crippen LogP contribution in [0.25, 0.3) is 21.8 Å². The van der Waals surface area contributed by atoms with Gasteiger partial charge in [0.2, 0.25) is 11.8 Å². The summed E-state index contributed by atoms with van der Waals surface area (Å²) in [5, 5.41) is 11.6. The molecule has 5 heterocycles. The highest BCUT2D eigenvalue weighted by atomic mass is 16.6. The lowest BCUT2D eigenvalue weighted by molar-refractivity contribution is -0.149. The second-order valence-electron chi connectivity index (χ2n) is 27.7. The lowest BCUT2D eigenvalue weighted by Crippen LogP contribution is -2.55. The number of rotatable bonds is 33. The van der Waals surface area contributed by atoms with Gasteiger partial charge in [0.05, 0.1) is 30.2 Å². The first-order valence-electron chi connectivity index (χ1n) is 35.9. The van der Waals surface area contributed by atoms with Crippen molar-refractivity contribution in [3.8, 4) is 0 Å². The van der Waals surface area contributed by atoms with E-state index in [4.69, 9.17) is 33.5 Å². The molecule has 2 N–H and O–H groups in total. The lowest BCUT2D eigenvalue weighted by atomic mass is 9.88. The highest BCUT2D eigenvalue weighted by Crippen LogP contribution is 2.31. The van der Waals surface area contributed by atoms with Gasteiger partial charge in [0.15, 0.2) is 13.5 Å². The maximum atomic E-state index is 14.9. The fourth-order valence-electron chi connectivity index (χ4n) is 13.4. The van der Waals surface area contributed by atoms with Gasteiger partial charge in [-0.2, -0.15) is 5.10 Å². The SMILES string of the molecule is Cc1cc(C[C@@H](CC(=O)N2CCC(c3cc4ccccc4n(COC(=O)CCCCCOC(=O)C(NC(=O)OCc4ccccc4)C(C)C)c3=O)CC2)C(=O)N2CCN(C3CCN(C)CC3)CC2)cc2cn(COC(=O)CCCCCOC(=O)C(NC(=O)OCc3ccccc3)C(C)C)nc12. The van der Waals surface area contributed by atoms with E-state index in [1.54, 1.807) is 32.4 Å². The number of alkyl carbamates (subject to hydrolysis) is 2. The molecule has 2 unspecified atom stereocenters. The molecule has 101 heavy (non-hydrogen) atoms. The van der Waals surface area contributed by atoms with Crippen LogP contribution in [0.4, 0.5) is 9.59 Å². The zero-order valence-corrected chi connectivity index (χ0v) is 59.5. The fourth-order valence-corrected chi connectivity index (χ4v) is 13.4. The molecular weight excluding hydrogens is 1290 g/mol. The fraction of sp³-hybridized carbons (Fsp3) is 0.532. The number of nitrogens with zero attached hydrogens (tertiary/aromatic N) is 7. The molecule has 9 rings (SSSR count). The number of fused-ring (bicyclic) bond motifs is 2. The number of likely N-dealkylation sites (tertiary alicyclic amines) is 2. The number of carbonyl (C=O) groups excluding carboxylic acids is 8. The van der Waals surface area contributed by atoms with Gasteiger partial charge in [0.25, 0.3) is 5.56 Å². The number of aromatic nitrogens is 3. The average molecular weight is 1390 g/mol. The summed E-state index contributed by atoms with van der Waals surface area (Å²) in [6.45, 7) is 14.7. The Hall–Kier alpha value is -9.16. The second-order valence-corrected chi connectivity index (χ2v) is 27.7. The molecule has 3 saturated heterocycles. The molecule has 2 aromatic heterocycles. The van der Waals surface area contributed by atoms with Crippen molar-refractivity contribution in [1.29, 1.82) is 0 Å². The van der Waals surface area contributed by atoms with Crippen molar-refractivity contribution in [1.82, 2.24) is 44.6 Å². The first-order chi connectivity index (χ1) is 48.8. The molecule has 24 heteroatoms. The Morgan fingerprint density at radius 1 is 0.554 bits per heavy atom. The Bertz CT molecular complexity index is 3800. The summed E-state index contributed by atoms with van der Waals surface area (Å²) in [5.74, 6) is -3.50. The molecular formula is C77H101N9O15. The molecule has 0 radical (unpaired) electrons. The van der Waals surface area contributed by atoms with Crippen molar-refractivity contribution in [2.24, 2.45) is 17.8 Å². The number of hydrogen-bond donors (Lipinski definition) is 2. The number of unbranched alkanes of at least 4 members (excludes halogenated alkanes) is 4. The first kappa shape index (κ1) is 76.0. The summed E-state index contributed by atoms with van der Waals surface area (Å²) in [6.07, 6.45) is 7.33. The summed E-state index contributed by atoms with van der Waals surface area (Å²) in [7, 11) is 2.15. The van der Waals surface area contributed by atoms with E-state index < -0.39 is 54.1 Å². The number of nitrogens with one attached hydrogen (secondary N) is 2. The van der Waals surface area contributed by atoms with Crippen LogP contribution in [0.15, 0.2) is 114 Å². The molecule has 0 aliphatic carbocycles. The quantitative estimate of drug-likeness (QED) is 0.0220. The Morgan fingerprint density at radius 3 is 1.66 bits per heavy atom. The van der Waals surface area contributed by atoms with E-state index in [-0.39, 0.29) is 94.3 Å². The van der Waals surface area contributed by atoms with Gasteiger partial charge in [-0.15, -0.1) is 0 Å². The highest BCUT2D eigenvalue weighted by molar-refractivity contribution is 5.88. The van der Waals surface area contributed by atoms with E-state index in [2.05, 4.69) is 27.5 Å². The number of benzene rings is 4. The number of piperidine rings is 2. The first-order valence-corrected chi connectivity index (χ1v) is 35.9. The summed E-state index contributed by atoms with van der Waals surface area (Å²) >= 11 is 0. The number of esters is 4. The van der Waals surface area contributed by atoms with Gasteiger partial charge in [-0.1, -0.05) is 113 Å². The van der Waals surface area contributed by atoms with Crippen LogP contribution >= 0.6 is 0 Å². The minimum atomic E-state index is -0.897. The van der Waals surface area contributed by atoms with Crippen LogP contribution in [-0.2, 0) is 90.3 Å². The molecule has 544 valence electrons. The van der Waals surface area contributed by atoms with Crippen LogP contribution in [0.5, 0.6) is 0 Å². The Morgan fingerprint density at radius 2 is 1.10 bits per heavy atom. The van der Waals surface area contributed by atoms with Crippen molar-refractivity contribution < 1.29 is 66.8 Å². The Kier molecular flexibility index (Phi) is 28.6. The van der Waals surface area contributed by atoms with E-state index in [0.29, 0.717) is 101 Å². The lowest BCUT2D eigenvalue weighted by Gasteiger charge is -2.43. The smallest absolute Gasteiger partial charge is 0.408 e. The number of para-hydroxylation sites is 1. The highest BCUT2D eigenvalue weighted by Gasteiger charge is 2.36. The van der Waals surface area contributed by atoms with E-state index in [0.717, 1.165) is 77.6 Å². The molecule has 3 atom stereocenters. The van der Waals surface area contributed by atoms with Crippen molar-refractivity contribution in [3.05, 3.63) is 147 Å². The zero-order valence-electron chi connectivity index (χ0n) is 59.5. The Balaban J connectivity index is 0.747. The van der Waals surface area contributed by atoms with Gasteiger partial charge in [-0.25, -0.2) is 23.9 Å². The van der Waals surface area contributed by atoms with Crippen LogP contribution in [-0.4, -0.2) is 173 Å². The zero-order chi connectivity index (χ0) is 71.8. The molecule has 4 amide bonds. The van der Waals surface area contributed by atoms with Gasteiger partial charge < -0.3 is 53.8 Å².